The lowest BCUT2D eigenvalue weighted by atomic mass is 9.95. The van der Waals surface area contributed by atoms with Crippen molar-refractivity contribution in [2.45, 2.75) is 46.1 Å². The molecule has 0 saturated carbocycles. The van der Waals surface area contributed by atoms with Gasteiger partial charge in [-0.2, -0.15) is 0 Å². The van der Waals surface area contributed by atoms with E-state index in [0.29, 0.717) is 22.7 Å². The average molecular weight is 437 g/mol. The van der Waals surface area contributed by atoms with E-state index in [1.165, 1.54) is 0 Å². The Labute approximate surface area is 184 Å². The fourth-order valence-electron chi connectivity index (χ4n) is 3.68. The van der Waals surface area contributed by atoms with Crippen molar-refractivity contribution in [2.24, 2.45) is 0 Å². The van der Waals surface area contributed by atoms with Crippen molar-refractivity contribution in [3.8, 4) is 0 Å². The number of benzene rings is 3. The smallest absolute Gasteiger partial charge is 0.262 e. The van der Waals surface area contributed by atoms with Crippen LogP contribution in [0.1, 0.15) is 43.7 Å². The number of hydrogen-bond donors (Lipinski definition) is 2. The van der Waals surface area contributed by atoms with Gasteiger partial charge in [-0.3, -0.25) is 9.52 Å². The quantitative estimate of drug-likeness (QED) is 0.573. The van der Waals surface area contributed by atoms with Crippen molar-refractivity contribution < 1.29 is 13.2 Å². The Morgan fingerprint density at radius 3 is 1.97 bits per heavy atom. The van der Waals surface area contributed by atoms with E-state index in [1.54, 1.807) is 24.3 Å². The van der Waals surface area contributed by atoms with E-state index in [-0.39, 0.29) is 5.91 Å². The van der Waals surface area contributed by atoms with Gasteiger partial charge in [0.15, 0.2) is 0 Å². The molecule has 0 aliphatic heterocycles. The summed E-state index contributed by atoms with van der Waals surface area (Å²) in [4.78, 5) is 12.9. The van der Waals surface area contributed by atoms with Crippen molar-refractivity contribution in [2.75, 3.05) is 4.72 Å². The second kappa shape index (κ2) is 8.94. The maximum Gasteiger partial charge on any atom is 0.262 e. The van der Waals surface area contributed by atoms with E-state index in [0.717, 1.165) is 33.4 Å². The summed E-state index contributed by atoms with van der Waals surface area (Å²) in [5, 5.41) is 2.86. The summed E-state index contributed by atoms with van der Waals surface area (Å²) < 4.78 is 29.1. The molecule has 3 aromatic rings. The minimum Gasteiger partial charge on any atom is -0.348 e. The third-order valence-corrected chi connectivity index (χ3v) is 7.53. The van der Waals surface area contributed by atoms with Gasteiger partial charge >= 0.3 is 0 Å². The first kappa shape index (κ1) is 22.6. The van der Waals surface area contributed by atoms with Gasteiger partial charge in [-0.05, 0) is 86.2 Å². The number of amides is 1. The highest BCUT2D eigenvalue weighted by Crippen LogP contribution is 2.30. The molecule has 0 unspecified atom stereocenters. The predicted octanol–water partition coefficient (Wildman–Crippen LogP) is 4.96. The first-order valence-corrected chi connectivity index (χ1v) is 11.6. The number of carbonyl (C=O) groups excluding carboxylic acids is 1. The molecule has 0 spiro atoms. The van der Waals surface area contributed by atoms with Gasteiger partial charge in [-0.25, -0.2) is 8.42 Å². The Kier molecular flexibility index (Phi) is 6.51. The molecule has 162 valence electrons. The standard InChI is InChI=1S/C25H28N2O3S/c1-16-17(2)19(4)24(20(5)18(16)3)31(29,30)27-23-13-9-12-22(14-23)25(28)26-15-21-10-7-6-8-11-21/h6-14,27H,15H2,1-5H3,(H,26,28). The van der Waals surface area contributed by atoms with Crippen LogP contribution in [-0.2, 0) is 16.6 Å². The second-order valence-corrected chi connectivity index (χ2v) is 9.43. The Morgan fingerprint density at radius 2 is 1.35 bits per heavy atom. The minimum absolute atomic E-state index is 0.265. The van der Waals surface area contributed by atoms with Crippen LogP contribution in [0.15, 0.2) is 59.5 Å². The lowest BCUT2D eigenvalue weighted by Gasteiger charge is -2.19. The highest BCUT2D eigenvalue weighted by atomic mass is 32.2. The third-order valence-electron chi connectivity index (χ3n) is 5.87. The zero-order chi connectivity index (χ0) is 22.8. The van der Waals surface area contributed by atoms with Crippen molar-refractivity contribution in [1.29, 1.82) is 0 Å². The molecule has 2 N–H and O–H groups in total. The number of sulfonamides is 1. The molecule has 0 aliphatic rings. The molecule has 0 radical (unpaired) electrons. The van der Waals surface area contributed by atoms with Gasteiger partial charge in [-0.15, -0.1) is 0 Å². The molecule has 0 aliphatic carbocycles. The maximum atomic E-state index is 13.2. The molecular weight excluding hydrogens is 408 g/mol. The first-order valence-electron chi connectivity index (χ1n) is 10.1. The Morgan fingerprint density at radius 1 is 0.774 bits per heavy atom. The van der Waals surface area contributed by atoms with E-state index >= 15 is 0 Å². The topological polar surface area (TPSA) is 75.3 Å². The molecule has 0 aromatic heterocycles. The van der Waals surface area contributed by atoms with Gasteiger partial charge in [0, 0.05) is 17.8 Å². The number of nitrogens with one attached hydrogen (secondary N) is 2. The fourth-order valence-corrected chi connectivity index (χ4v) is 5.33. The van der Waals surface area contributed by atoms with Crippen molar-refractivity contribution >= 4 is 21.6 Å². The molecular formula is C25H28N2O3S. The van der Waals surface area contributed by atoms with Gasteiger partial charge in [-0.1, -0.05) is 36.4 Å². The van der Waals surface area contributed by atoms with Crippen LogP contribution >= 0.6 is 0 Å². The molecule has 0 atom stereocenters. The van der Waals surface area contributed by atoms with Gasteiger partial charge < -0.3 is 5.32 Å². The monoisotopic (exact) mass is 436 g/mol. The minimum atomic E-state index is -3.82. The average Bonchev–Trinajstić information content (AvgIpc) is 2.75. The molecule has 31 heavy (non-hydrogen) atoms. The summed E-state index contributed by atoms with van der Waals surface area (Å²) in [6.45, 7) is 9.94. The highest BCUT2D eigenvalue weighted by molar-refractivity contribution is 7.92. The Hall–Kier alpha value is -3.12. The van der Waals surface area contributed by atoms with Gasteiger partial charge in [0.1, 0.15) is 0 Å². The normalized spacial score (nSPS) is 11.3. The summed E-state index contributed by atoms with van der Waals surface area (Å²) in [6.07, 6.45) is 0. The molecule has 3 aromatic carbocycles. The zero-order valence-corrected chi connectivity index (χ0v) is 19.4. The van der Waals surface area contributed by atoms with Crippen LogP contribution in [0.2, 0.25) is 0 Å². The first-order chi connectivity index (χ1) is 14.6. The van der Waals surface area contributed by atoms with Crippen molar-refractivity contribution in [1.82, 2.24) is 5.32 Å². The number of rotatable bonds is 6. The van der Waals surface area contributed by atoms with E-state index < -0.39 is 10.0 Å². The number of hydrogen-bond acceptors (Lipinski definition) is 3. The van der Waals surface area contributed by atoms with Crippen LogP contribution in [0.4, 0.5) is 5.69 Å². The summed E-state index contributed by atoms with van der Waals surface area (Å²) in [6, 6.07) is 16.1. The Bertz CT molecular complexity index is 1200. The lowest BCUT2D eigenvalue weighted by molar-refractivity contribution is 0.0951. The third kappa shape index (κ3) is 4.80. The van der Waals surface area contributed by atoms with Crippen LogP contribution < -0.4 is 10.0 Å². The molecule has 0 fully saturated rings. The summed E-state index contributed by atoms with van der Waals surface area (Å²) >= 11 is 0. The van der Waals surface area contributed by atoms with Crippen molar-refractivity contribution in [3.05, 3.63) is 93.5 Å². The van der Waals surface area contributed by atoms with Crippen LogP contribution in [0, 0.1) is 34.6 Å². The molecule has 0 saturated heterocycles. The van der Waals surface area contributed by atoms with Gasteiger partial charge in [0.2, 0.25) is 0 Å². The zero-order valence-electron chi connectivity index (χ0n) is 18.5. The molecule has 1 amide bonds. The van der Waals surface area contributed by atoms with E-state index in [1.807, 2.05) is 65.0 Å². The molecule has 0 bridgehead atoms. The van der Waals surface area contributed by atoms with Gasteiger partial charge in [0.05, 0.1) is 4.90 Å². The van der Waals surface area contributed by atoms with Crippen LogP contribution in [-0.4, -0.2) is 14.3 Å². The SMILES string of the molecule is Cc1c(C)c(C)c(S(=O)(=O)Nc2cccc(C(=O)NCc3ccccc3)c2)c(C)c1C. The molecule has 3 rings (SSSR count). The van der Waals surface area contributed by atoms with Crippen LogP contribution in [0.25, 0.3) is 0 Å². The highest BCUT2D eigenvalue weighted by Gasteiger charge is 2.24. The van der Waals surface area contributed by atoms with Crippen LogP contribution in [0.5, 0.6) is 0 Å². The van der Waals surface area contributed by atoms with E-state index in [4.69, 9.17) is 0 Å². The van der Waals surface area contributed by atoms with Crippen molar-refractivity contribution in [3.63, 3.8) is 0 Å². The largest absolute Gasteiger partial charge is 0.348 e. The van der Waals surface area contributed by atoms with E-state index in [2.05, 4.69) is 10.0 Å². The van der Waals surface area contributed by atoms with Crippen LogP contribution in [0.3, 0.4) is 0 Å². The molecule has 5 nitrogen and oxygen atoms in total. The number of anilines is 1. The Balaban J connectivity index is 1.85. The summed E-state index contributed by atoms with van der Waals surface area (Å²) in [5.41, 5.74) is 6.25. The number of carbonyl (C=O) groups is 1. The predicted molar refractivity (Wildman–Crippen MR) is 125 cm³/mol. The van der Waals surface area contributed by atoms with E-state index in [9.17, 15) is 13.2 Å². The summed E-state index contributed by atoms with van der Waals surface area (Å²) in [7, 11) is -3.82. The second-order valence-electron chi connectivity index (χ2n) is 7.81. The summed E-state index contributed by atoms with van der Waals surface area (Å²) in [5.74, 6) is -0.265. The lowest BCUT2D eigenvalue weighted by Crippen LogP contribution is -2.23. The van der Waals surface area contributed by atoms with Gasteiger partial charge in [0.25, 0.3) is 15.9 Å². The molecule has 6 heteroatoms. The maximum absolute atomic E-state index is 13.2. The fraction of sp³-hybridized carbons (Fsp3) is 0.240. The molecule has 0 heterocycles.